The van der Waals surface area contributed by atoms with Crippen LogP contribution < -0.4 is 0 Å². The smallest absolute Gasteiger partial charge is 0.226 e. The molecule has 116 valence electrons. The van der Waals surface area contributed by atoms with Crippen molar-refractivity contribution in [1.82, 2.24) is 4.90 Å². The lowest BCUT2D eigenvalue weighted by Crippen LogP contribution is -2.45. The molecule has 0 spiro atoms. The van der Waals surface area contributed by atoms with E-state index in [1.807, 2.05) is 12.1 Å². The third-order valence-electron chi connectivity index (χ3n) is 4.78. The summed E-state index contributed by atoms with van der Waals surface area (Å²) < 4.78 is 10.9. The molecular weight excluding hydrogens is 266 g/mol. The minimum absolute atomic E-state index is 0.219. The van der Waals surface area contributed by atoms with Gasteiger partial charge in [-0.2, -0.15) is 0 Å². The highest BCUT2D eigenvalue weighted by Crippen LogP contribution is 2.28. The maximum absolute atomic E-state index is 13.0. The highest BCUT2D eigenvalue weighted by molar-refractivity contribution is 5.79. The van der Waals surface area contributed by atoms with Crippen LogP contribution in [-0.2, 0) is 16.1 Å². The first-order chi connectivity index (χ1) is 10.3. The van der Waals surface area contributed by atoms with Crippen molar-refractivity contribution in [2.24, 2.45) is 5.92 Å². The van der Waals surface area contributed by atoms with Crippen LogP contribution in [0, 0.1) is 5.92 Å². The van der Waals surface area contributed by atoms with Gasteiger partial charge in [0.05, 0.1) is 12.8 Å². The Morgan fingerprint density at radius 3 is 2.57 bits per heavy atom. The zero-order chi connectivity index (χ0) is 14.5. The van der Waals surface area contributed by atoms with Crippen LogP contribution in [0.15, 0.2) is 22.8 Å². The molecule has 1 aromatic heterocycles. The van der Waals surface area contributed by atoms with Gasteiger partial charge in [-0.15, -0.1) is 0 Å². The van der Waals surface area contributed by atoms with E-state index in [1.54, 1.807) is 6.26 Å². The monoisotopic (exact) mass is 291 g/mol. The predicted molar refractivity (Wildman–Crippen MR) is 79.7 cm³/mol. The highest BCUT2D eigenvalue weighted by Gasteiger charge is 2.32. The predicted octanol–water partition coefficient (Wildman–Crippen LogP) is 3.37. The first-order valence-corrected chi connectivity index (χ1v) is 8.25. The van der Waals surface area contributed by atoms with Crippen molar-refractivity contribution >= 4 is 5.91 Å². The van der Waals surface area contributed by atoms with E-state index in [0.29, 0.717) is 18.5 Å². The molecule has 0 radical (unpaired) electrons. The Bertz CT molecular complexity index is 431. The molecule has 1 aliphatic heterocycles. The number of nitrogens with zero attached hydrogens (tertiary/aromatic N) is 1. The fourth-order valence-corrected chi connectivity index (χ4v) is 3.54. The van der Waals surface area contributed by atoms with E-state index in [-0.39, 0.29) is 5.92 Å². The van der Waals surface area contributed by atoms with Crippen molar-refractivity contribution in [3.8, 4) is 0 Å². The molecule has 0 aromatic carbocycles. The first-order valence-electron chi connectivity index (χ1n) is 8.25. The van der Waals surface area contributed by atoms with Gasteiger partial charge in [-0.3, -0.25) is 4.79 Å². The molecule has 2 aliphatic rings. The summed E-state index contributed by atoms with van der Waals surface area (Å²) in [6.45, 7) is 2.13. The molecule has 1 aliphatic carbocycles. The standard InChI is InChI=1S/C17H25NO3/c19-17(14-5-2-1-3-6-14)18(13-16-7-4-10-21-16)15-8-11-20-12-9-15/h4,7,10,14-15H,1-3,5-6,8-9,11-13H2. The molecule has 3 rings (SSSR count). The van der Waals surface area contributed by atoms with Gasteiger partial charge >= 0.3 is 0 Å². The number of rotatable bonds is 4. The van der Waals surface area contributed by atoms with Gasteiger partial charge in [0.25, 0.3) is 0 Å². The molecular formula is C17H25NO3. The molecule has 0 unspecified atom stereocenters. The summed E-state index contributed by atoms with van der Waals surface area (Å²) >= 11 is 0. The Morgan fingerprint density at radius 2 is 1.90 bits per heavy atom. The van der Waals surface area contributed by atoms with Gasteiger partial charge in [0, 0.05) is 25.2 Å². The second-order valence-electron chi connectivity index (χ2n) is 6.22. The van der Waals surface area contributed by atoms with Gasteiger partial charge < -0.3 is 14.1 Å². The maximum atomic E-state index is 13.0. The van der Waals surface area contributed by atoms with E-state index in [1.165, 1.54) is 19.3 Å². The van der Waals surface area contributed by atoms with Crippen LogP contribution in [0.2, 0.25) is 0 Å². The molecule has 0 N–H and O–H groups in total. The minimum Gasteiger partial charge on any atom is -0.467 e. The van der Waals surface area contributed by atoms with Crippen molar-refractivity contribution in [2.75, 3.05) is 13.2 Å². The summed E-state index contributed by atoms with van der Waals surface area (Å²) in [7, 11) is 0. The Balaban J connectivity index is 1.71. The van der Waals surface area contributed by atoms with E-state index in [9.17, 15) is 4.79 Å². The molecule has 2 heterocycles. The van der Waals surface area contributed by atoms with Crippen LogP contribution >= 0.6 is 0 Å². The van der Waals surface area contributed by atoms with E-state index >= 15 is 0 Å². The van der Waals surface area contributed by atoms with Crippen molar-refractivity contribution in [3.05, 3.63) is 24.2 Å². The lowest BCUT2D eigenvalue weighted by atomic mass is 9.87. The van der Waals surface area contributed by atoms with Gasteiger partial charge in [-0.25, -0.2) is 0 Å². The molecule has 4 nitrogen and oxygen atoms in total. The summed E-state index contributed by atoms with van der Waals surface area (Å²) in [5, 5.41) is 0. The van der Waals surface area contributed by atoms with Gasteiger partial charge in [0.15, 0.2) is 0 Å². The van der Waals surface area contributed by atoms with Crippen molar-refractivity contribution in [2.45, 2.75) is 57.5 Å². The minimum atomic E-state index is 0.219. The zero-order valence-corrected chi connectivity index (χ0v) is 12.6. The van der Waals surface area contributed by atoms with Crippen LogP contribution in [0.1, 0.15) is 50.7 Å². The van der Waals surface area contributed by atoms with Crippen molar-refractivity contribution in [3.63, 3.8) is 0 Å². The van der Waals surface area contributed by atoms with Gasteiger partial charge in [0.1, 0.15) is 5.76 Å². The average molecular weight is 291 g/mol. The number of carbonyl (C=O) groups excluding carboxylic acids is 1. The fraction of sp³-hybridized carbons (Fsp3) is 0.706. The van der Waals surface area contributed by atoms with Gasteiger partial charge in [0.2, 0.25) is 5.91 Å². The van der Waals surface area contributed by atoms with Crippen molar-refractivity contribution < 1.29 is 13.9 Å². The Kier molecular flexibility index (Phi) is 4.96. The number of ether oxygens (including phenoxy) is 1. The third kappa shape index (κ3) is 3.67. The van der Waals surface area contributed by atoms with Crippen molar-refractivity contribution in [1.29, 1.82) is 0 Å². The molecule has 21 heavy (non-hydrogen) atoms. The van der Waals surface area contributed by atoms with Crippen LogP contribution in [-0.4, -0.2) is 30.1 Å². The average Bonchev–Trinajstić information content (AvgIpc) is 3.07. The largest absolute Gasteiger partial charge is 0.467 e. The first kappa shape index (κ1) is 14.6. The van der Waals surface area contributed by atoms with Crippen LogP contribution in [0.4, 0.5) is 0 Å². The van der Waals surface area contributed by atoms with E-state index in [0.717, 1.165) is 44.7 Å². The number of hydrogen-bond acceptors (Lipinski definition) is 3. The Morgan fingerprint density at radius 1 is 1.14 bits per heavy atom. The molecule has 0 atom stereocenters. The van der Waals surface area contributed by atoms with Gasteiger partial charge in [-0.1, -0.05) is 19.3 Å². The van der Waals surface area contributed by atoms with Crippen LogP contribution in [0.3, 0.4) is 0 Å². The second-order valence-corrected chi connectivity index (χ2v) is 6.22. The van der Waals surface area contributed by atoms with E-state index < -0.39 is 0 Å². The van der Waals surface area contributed by atoms with Crippen LogP contribution in [0.5, 0.6) is 0 Å². The molecule has 4 heteroatoms. The molecule has 1 amide bonds. The molecule has 1 aromatic rings. The normalized spacial score (nSPS) is 21.3. The zero-order valence-electron chi connectivity index (χ0n) is 12.6. The molecule has 0 bridgehead atoms. The number of carbonyl (C=O) groups is 1. The number of amides is 1. The SMILES string of the molecule is O=C(C1CCCCC1)N(Cc1ccco1)C1CCOCC1. The lowest BCUT2D eigenvalue weighted by Gasteiger charge is -2.37. The summed E-state index contributed by atoms with van der Waals surface area (Å²) in [6, 6.07) is 4.15. The Hall–Kier alpha value is -1.29. The molecule has 2 fully saturated rings. The highest BCUT2D eigenvalue weighted by atomic mass is 16.5. The quantitative estimate of drug-likeness (QED) is 0.854. The van der Waals surface area contributed by atoms with Gasteiger partial charge in [-0.05, 0) is 37.8 Å². The molecule has 1 saturated carbocycles. The summed E-state index contributed by atoms with van der Waals surface area (Å²) in [5.41, 5.74) is 0. The summed E-state index contributed by atoms with van der Waals surface area (Å²) in [6.07, 6.45) is 9.34. The number of furan rings is 1. The Labute approximate surface area is 126 Å². The van der Waals surface area contributed by atoms with Crippen LogP contribution in [0.25, 0.3) is 0 Å². The fourth-order valence-electron chi connectivity index (χ4n) is 3.54. The lowest BCUT2D eigenvalue weighted by molar-refractivity contribution is -0.142. The third-order valence-corrected chi connectivity index (χ3v) is 4.78. The number of hydrogen-bond donors (Lipinski definition) is 0. The van der Waals surface area contributed by atoms with E-state index in [4.69, 9.17) is 9.15 Å². The topological polar surface area (TPSA) is 42.7 Å². The molecule has 1 saturated heterocycles. The maximum Gasteiger partial charge on any atom is 0.226 e. The van der Waals surface area contributed by atoms with E-state index in [2.05, 4.69) is 4.90 Å². The summed E-state index contributed by atoms with van der Waals surface area (Å²) in [5.74, 6) is 1.43. The summed E-state index contributed by atoms with van der Waals surface area (Å²) in [4.78, 5) is 15.0. The second kappa shape index (κ2) is 7.12.